The molecule has 1 saturated heterocycles. The molecular formula is C9H14B3FN2O5S. The molecule has 1 aliphatic rings. The van der Waals surface area contributed by atoms with Crippen LogP contribution in [0.5, 0.6) is 0 Å². The number of alkyl halides is 1. The molecule has 0 aliphatic carbocycles. The van der Waals surface area contributed by atoms with Crippen LogP contribution in [0.2, 0.25) is 0 Å². The molecule has 4 atom stereocenters. The molecule has 0 spiro atoms. The van der Waals surface area contributed by atoms with Crippen molar-refractivity contribution in [3.8, 4) is 0 Å². The van der Waals surface area contributed by atoms with E-state index in [1.807, 2.05) is 0 Å². The molecule has 112 valence electrons. The lowest BCUT2D eigenvalue weighted by atomic mass is 9.59. The Morgan fingerprint density at radius 2 is 2.05 bits per heavy atom. The highest BCUT2D eigenvalue weighted by molar-refractivity contribution is 7.71. The first-order valence-corrected chi connectivity index (χ1v) is 6.64. The van der Waals surface area contributed by atoms with Crippen molar-refractivity contribution in [2.45, 2.75) is 29.1 Å². The zero-order valence-electron chi connectivity index (χ0n) is 11.7. The summed E-state index contributed by atoms with van der Waals surface area (Å²) in [5.41, 5.74) is -2.65. The number of aromatic amines is 1. The van der Waals surface area contributed by atoms with Crippen LogP contribution in [0.4, 0.5) is 4.39 Å². The van der Waals surface area contributed by atoms with Gasteiger partial charge in [0.05, 0.1) is 5.40 Å². The van der Waals surface area contributed by atoms with Crippen molar-refractivity contribution < 1.29 is 24.4 Å². The Balaban J connectivity index is 2.59. The molecule has 1 aromatic rings. The summed E-state index contributed by atoms with van der Waals surface area (Å²) < 4.78 is 21.0. The van der Waals surface area contributed by atoms with Crippen molar-refractivity contribution in [1.29, 1.82) is 0 Å². The fourth-order valence-electron chi connectivity index (χ4n) is 2.36. The second-order valence-electron chi connectivity index (χ2n) is 5.73. The Morgan fingerprint density at radius 1 is 1.48 bits per heavy atom. The predicted octanol–water partition coefficient (Wildman–Crippen LogP) is -4.52. The lowest BCUT2D eigenvalue weighted by Gasteiger charge is -2.36. The highest BCUT2D eigenvalue weighted by atomic mass is 32.1. The smallest absolute Gasteiger partial charge is 0.328 e. The van der Waals surface area contributed by atoms with Crippen molar-refractivity contribution in [3.05, 3.63) is 27.4 Å². The summed E-state index contributed by atoms with van der Waals surface area (Å²) in [6.07, 6.45) is -2.61. The van der Waals surface area contributed by atoms with Gasteiger partial charge in [0.25, 0.3) is 5.85 Å². The van der Waals surface area contributed by atoms with Gasteiger partial charge in [-0.15, -0.1) is 0 Å². The van der Waals surface area contributed by atoms with Crippen LogP contribution >= 0.6 is 12.2 Å². The van der Waals surface area contributed by atoms with E-state index in [9.17, 15) is 24.5 Å². The first-order valence-electron chi connectivity index (χ1n) is 6.23. The topological polar surface area (TPSA) is 108 Å². The molecule has 2 heterocycles. The monoisotopic (exact) mass is 314 g/mol. The van der Waals surface area contributed by atoms with E-state index in [1.165, 1.54) is 20.1 Å². The number of rotatable bonds is 2. The number of aliphatic hydroxyl groups is 3. The van der Waals surface area contributed by atoms with E-state index in [1.54, 1.807) is 0 Å². The van der Waals surface area contributed by atoms with Crippen LogP contribution in [-0.2, 0) is 10.4 Å². The standard InChI is InChI=1S/C9H14B3FN2O5S/c10-8(15-2-1-3(21)14-6(15)18)5(17)4(16)7(13,20-8)9(11,12)19/h1-2,4-5,16-17,19H,10-12H2,(H,14,18,21)/t4-,5+,7-,8-/m0/s1. The Hall–Kier alpha value is -0.935. The van der Waals surface area contributed by atoms with Gasteiger partial charge in [-0.2, -0.15) is 0 Å². The zero-order valence-corrected chi connectivity index (χ0v) is 12.5. The van der Waals surface area contributed by atoms with Gasteiger partial charge in [0.1, 0.15) is 38.2 Å². The maximum absolute atomic E-state index is 14.8. The molecule has 1 fully saturated rings. The SMILES string of the molecule is BC(B)(O)[C@@]1(F)O[C@@](B)(n2ccc(=S)[nH]c2=O)[C@H](O)[C@@H]1O. The third-order valence-electron chi connectivity index (χ3n) is 3.72. The van der Waals surface area contributed by atoms with Gasteiger partial charge in [0.2, 0.25) is 0 Å². The number of nitrogens with zero attached hydrogens (tertiary/aromatic N) is 1. The summed E-state index contributed by atoms with van der Waals surface area (Å²) >= 11 is 4.79. The predicted molar refractivity (Wildman–Crippen MR) is 81.4 cm³/mol. The largest absolute Gasteiger partial charge is 0.402 e. The van der Waals surface area contributed by atoms with Gasteiger partial charge in [0.15, 0.2) is 7.85 Å². The van der Waals surface area contributed by atoms with Crippen molar-refractivity contribution in [1.82, 2.24) is 9.55 Å². The van der Waals surface area contributed by atoms with Gasteiger partial charge < -0.3 is 20.1 Å². The van der Waals surface area contributed by atoms with Gasteiger partial charge in [-0.3, -0.25) is 9.55 Å². The van der Waals surface area contributed by atoms with Crippen LogP contribution in [0.1, 0.15) is 0 Å². The fraction of sp³-hybridized carbons (Fsp3) is 0.556. The van der Waals surface area contributed by atoms with Crippen molar-refractivity contribution >= 4 is 35.8 Å². The lowest BCUT2D eigenvalue weighted by Crippen LogP contribution is -2.59. The van der Waals surface area contributed by atoms with Crippen molar-refractivity contribution in [2.75, 3.05) is 0 Å². The van der Waals surface area contributed by atoms with E-state index in [2.05, 4.69) is 4.98 Å². The average Bonchev–Trinajstić information content (AvgIpc) is 2.51. The van der Waals surface area contributed by atoms with Gasteiger partial charge >= 0.3 is 5.69 Å². The Labute approximate surface area is 127 Å². The van der Waals surface area contributed by atoms with Crippen LogP contribution in [0.25, 0.3) is 0 Å². The van der Waals surface area contributed by atoms with Gasteiger partial charge in [-0.25, -0.2) is 9.18 Å². The Morgan fingerprint density at radius 3 is 2.48 bits per heavy atom. The molecule has 2 rings (SSSR count). The van der Waals surface area contributed by atoms with Gasteiger partial charge in [-0.1, -0.05) is 12.2 Å². The molecule has 0 radical (unpaired) electrons. The normalized spacial score (nSPS) is 36.8. The second-order valence-corrected chi connectivity index (χ2v) is 6.17. The summed E-state index contributed by atoms with van der Waals surface area (Å²) in [5, 5.41) is 27.8. The van der Waals surface area contributed by atoms with E-state index in [4.69, 9.17) is 17.0 Å². The summed E-state index contributed by atoms with van der Waals surface area (Å²) in [4.78, 5) is 14.2. The number of hydrogen-bond donors (Lipinski definition) is 4. The highest BCUT2D eigenvalue weighted by Crippen LogP contribution is 2.44. The number of aliphatic hydroxyl groups excluding tert-OH is 2. The Bertz CT molecular complexity index is 678. The minimum absolute atomic E-state index is 0.155. The number of aromatic nitrogens is 2. The number of H-pyrrole nitrogens is 1. The molecule has 0 saturated carbocycles. The van der Waals surface area contributed by atoms with Crippen molar-refractivity contribution in [2.24, 2.45) is 0 Å². The van der Waals surface area contributed by atoms with Crippen LogP contribution in [0, 0.1) is 4.64 Å². The van der Waals surface area contributed by atoms with Crippen LogP contribution in [-0.4, -0.2) is 71.9 Å². The number of hydrogen-bond acceptors (Lipinski definition) is 6. The zero-order chi connectivity index (χ0) is 16.2. The Kier molecular flexibility index (Phi) is 3.74. The average molecular weight is 314 g/mol. The quantitative estimate of drug-likeness (QED) is 0.324. The lowest BCUT2D eigenvalue weighted by molar-refractivity contribution is -0.243. The van der Waals surface area contributed by atoms with Crippen LogP contribution in [0.3, 0.4) is 0 Å². The summed E-state index contributed by atoms with van der Waals surface area (Å²) in [5.74, 6) is -2.95. The molecule has 0 amide bonds. The summed E-state index contributed by atoms with van der Waals surface area (Å²) in [6, 6.07) is 1.35. The minimum Gasteiger partial charge on any atom is -0.402 e. The maximum Gasteiger partial charge on any atom is 0.328 e. The molecule has 12 heteroatoms. The van der Waals surface area contributed by atoms with E-state index in [-0.39, 0.29) is 4.64 Å². The van der Waals surface area contributed by atoms with Crippen molar-refractivity contribution in [3.63, 3.8) is 0 Å². The van der Waals surface area contributed by atoms with Crippen LogP contribution in [0.15, 0.2) is 17.1 Å². The molecule has 1 aliphatic heterocycles. The summed E-state index contributed by atoms with van der Waals surface area (Å²) in [7, 11) is 3.41. The first kappa shape index (κ1) is 16.4. The van der Waals surface area contributed by atoms with E-state index >= 15 is 0 Å². The molecule has 1 aromatic heterocycles. The van der Waals surface area contributed by atoms with Gasteiger partial charge in [0, 0.05) is 6.20 Å². The second kappa shape index (κ2) is 4.78. The highest BCUT2D eigenvalue weighted by Gasteiger charge is 2.67. The molecule has 0 aromatic carbocycles. The minimum atomic E-state index is -2.95. The molecule has 7 nitrogen and oxygen atoms in total. The molecule has 4 N–H and O–H groups in total. The number of halogens is 1. The molecular weight excluding hydrogens is 300 g/mol. The number of ether oxygens (including phenoxy) is 1. The summed E-state index contributed by atoms with van der Waals surface area (Å²) in [6.45, 7) is 0. The van der Waals surface area contributed by atoms with E-state index in [0.29, 0.717) is 0 Å². The maximum atomic E-state index is 14.8. The van der Waals surface area contributed by atoms with E-state index < -0.39 is 34.8 Å². The molecule has 0 unspecified atom stereocenters. The third-order valence-corrected chi connectivity index (χ3v) is 3.96. The van der Waals surface area contributed by atoms with E-state index in [0.717, 1.165) is 20.3 Å². The molecule has 21 heavy (non-hydrogen) atoms. The number of nitrogens with one attached hydrogen (secondary N) is 1. The third kappa shape index (κ3) is 2.31. The fourth-order valence-corrected chi connectivity index (χ4v) is 2.51. The van der Waals surface area contributed by atoms with Crippen LogP contribution < -0.4 is 5.69 Å². The first-order chi connectivity index (χ1) is 9.43. The van der Waals surface area contributed by atoms with Gasteiger partial charge in [-0.05, 0) is 6.07 Å². The molecule has 0 bridgehead atoms.